The van der Waals surface area contributed by atoms with Crippen LogP contribution in [0.1, 0.15) is 0 Å². The SMILES string of the molecule is c1ccc(-c2nc3ccc(-c4ccc(-c5cccc6oc7ccccc7c56)c5ccccc45)cc3nc2-c2ccccc2)cc1.c1ccc(-c2nc3cccc(-c4ccc(-c5cccc6oc7ccccc7c56)c5ccccc45)c3nc2-c2ccccc2)cc1.c1ccc2cc(-c3nc(-c4ccc(-c5cccc6oc7ccccc7c56)c5ccccc45)cc4ncccc34)ccc2c1. The first kappa shape index (κ1) is 77.4. The van der Waals surface area contributed by atoms with Gasteiger partial charge in [-0.1, -0.05) is 376 Å². The molecule has 0 aliphatic heterocycles. The summed E-state index contributed by atoms with van der Waals surface area (Å²) in [7, 11) is 0. The van der Waals surface area contributed by atoms with Crippen molar-refractivity contribution in [3.05, 3.63) is 461 Å². The molecule has 27 aromatic rings. The summed E-state index contributed by atoms with van der Waals surface area (Å²) in [5, 5.41) is 17.3. The minimum absolute atomic E-state index is 0.869. The number of rotatable bonds is 11. The second-order valence-corrected chi connectivity index (χ2v) is 33.6. The van der Waals surface area contributed by atoms with Gasteiger partial charge in [0.2, 0.25) is 0 Å². The Kier molecular flexibility index (Phi) is 19.1. The fourth-order valence-corrected chi connectivity index (χ4v) is 19.8. The third-order valence-corrected chi connectivity index (χ3v) is 25.9. The molecule has 0 saturated heterocycles. The summed E-state index contributed by atoms with van der Waals surface area (Å²) < 4.78 is 18.7. The average Bonchev–Trinajstić information content (AvgIpc) is 1.74. The summed E-state index contributed by atoms with van der Waals surface area (Å²) in [4.78, 5) is 31.1. The van der Waals surface area contributed by atoms with Gasteiger partial charge in [-0.3, -0.25) is 4.98 Å². The lowest BCUT2D eigenvalue weighted by Crippen LogP contribution is -1.97. The van der Waals surface area contributed by atoms with Crippen LogP contribution in [0.3, 0.4) is 0 Å². The molecule has 0 amide bonds. The Labute approximate surface area is 764 Å². The minimum Gasteiger partial charge on any atom is -0.456 e. The molecular formula is C124H76N6O3. The van der Waals surface area contributed by atoms with E-state index in [1.807, 2.05) is 109 Å². The van der Waals surface area contributed by atoms with Crippen molar-refractivity contribution in [3.63, 3.8) is 0 Å². The topological polar surface area (TPSA) is 117 Å². The fourth-order valence-electron chi connectivity index (χ4n) is 19.8. The summed E-state index contributed by atoms with van der Waals surface area (Å²) in [6.45, 7) is 0. The quantitative estimate of drug-likeness (QED) is 0.125. The van der Waals surface area contributed by atoms with Gasteiger partial charge in [-0.15, -0.1) is 0 Å². The summed E-state index contributed by atoms with van der Waals surface area (Å²) in [6, 6.07) is 158. The molecule has 27 rings (SSSR count). The van der Waals surface area contributed by atoms with Gasteiger partial charge in [0, 0.05) is 82.8 Å². The summed E-state index contributed by atoms with van der Waals surface area (Å²) in [5.74, 6) is 0. The molecular weight excluding hydrogens is 1620 g/mol. The molecule has 0 aliphatic rings. The molecule has 9 nitrogen and oxygen atoms in total. The third kappa shape index (κ3) is 13.7. The monoisotopic (exact) mass is 1700 g/mol. The fraction of sp³-hybridized carbons (Fsp3) is 0. The van der Waals surface area contributed by atoms with Gasteiger partial charge in [0.15, 0.2) is 0 Å². The van der Waals surface area contributed by atoms with Crippen molar-refractivity contribution in [1.29, 1.82) is 0 Å². The number of nitrogens with zero attached hydrogens (tertiary/aromatic N) is 6. The van der Waals surface area contributed by atoms with E-state index in [2.05, 4.69) is 352 Å². The van der Waals surface area contributed by atoms with Gasteiger partial charge < -0.3 is 13.3 Å². The van der Waals surface area contributed by atoms with Crippen LogP contribution in [0.4, 0.5) is 0 Å². The van der Waals surface area contributed by atoms with Crippen LogP contribution in [-0.4, -0.2) is 29.9 Å². The Hall–Kier alpha value is -17.9. The Morgan fingerprint density at radius 1 is 0.158 bits per heavy atom. The highest BCUT2D eigenvalue weighted by molar-refractivity contribution is 6.21. The van der Waals surface area contributed by atoms with Crippen LogP contribution in [0.2, 0.25) is 0 Å². The maximum atomic E-state index is 6.24. The van der Waals surface area contributed by atoms with Gasteiger partial charge in [-0.2, -0.15) is 0 Å². The number of furan rings is 3. The molecule has 620 valence electrons. The standard InChI is InChI=1S/2C42H26N2O.C40H24N2O/c1-3-13-27(14-4-1)40-41(28-15-5-2-6-16-28)44-42-34(21-11-22-36(42)43-40)32-26-25-31(29-17-7-8-18-30(29)32)33-20-12-24-38-39(33)35-19-9-10-23-37(35)45-38;1-3-12-27(13-4-1)41-42(28-14-5-2-6-15-28)44-37-26-29(22-25-36(37)43-41)30-23-24-33(32-17-8-7-16-31(30)32)34-19-11-21-39-40(34)35-18-9-10-20-38(35)45-39;1-2-10-26-23-27(19-18-25(26)9-1)40-33-15-8-22-41-35(33)24-36(42-40)31-21-20-30(28-11-3-4-12-29(28)31)32-14-7-17-38-39(32)34-13-5-6-16-37(34)43-38/h2*1-26H;1-24H. The maximum Gasteiger partial charge on any atom is 0.136 e. The molecule has 0 N–H and O–H groups in total. The average molecular weight is 1700 g/mol. The van der Waals surface area contributed by atoms with E-state index in [0.29, 0.717) is 0 Å². The van der Waals surface area contributed by atoms with Gasteiger partial charge in [-0.05, 0) is 172 Å². The number of pyridine rings is 2. The molecule has 133 heavy (non-hydrogen) atoms. The zero-order valence-corrected chi connectivity index (χ0v) is 71.8. The van der Waals surface area contributed by atoms with E-state index >= 15 is 0 Å². The molecule has 0 unspecified atom stereocenters. The smallest absolute Gasteiger partial charge is 0.136 e. The molecule has 7 aromatic heterocycles. The van der Waals surface area contributed by atoms with E-state index in [4.69, 9.17) is 43.2 Å². The number of aromatic nitrogens is 6. The van der Waals surface area contributed by atoms with Gasteiger partial charge in [0.25, 0.3) is 0 Å². The normalized spacial score (nSPS) is 11.6. The highest BCUT2D eigenvalue weighted by Crippen LogP contribution is 2.49. The van der Waals surface area contributed by atoms with Crippen LogP contribution >= 0.6 is 0 Å². The van der Waals surface area contributed by atoms with Crippen molar-refractivity contribution in [1.82, 2.24) is 29.9 Å². The van der Waals surface area contributed by atoms with E-state index in [9.17, 15) is 0 Å². The first-order valence-corrected chi connectivity index (χ1v) is 44.8. The summed E-state index contributed by atoms with van der Waals surface area (Å²) >= 11 is 0. The lowest BCUT2D eigenvalue weighted by atomic mass is 9.90. The molecule has 0 saturated carbocycles. The Balaban J connectivity index is 0.000000107. The summed E-state index contributed by atoms with van der Waals surface area (Å²) in [6.07, 6.45) is 1.85. The molecule has 0 radical (unpaired) electrons. The van der Waals surface area contributed by atoms with E-state index < -0.39 is 0 Å². The van der Waals surface area contributed by atoms with Crippen LogP contribution in [-0.2, 0) is 0 Å². The minimum atomic E-state index is 0.869. The van der Waals surface area contributed by atoms with Crippen LogP contribution in [0, 0.1) is 0 Å². The van der Waals surface area contributed by atoms with E-state index in [-0.39, 0.29) is 0 Å². The van der Waals surface area contributed by atoms with E-state index in [1.165, 1.54) is 60.0 Å². The van der Waals surface area contributed by atoms with Crippen LogP contribution < -0.4 is 0 Å². The van der Waals surface area contributed by atoms with Gasteiger partial charge in [0.1, 0.15) is 33.5 Å². The maximum absolute atomic E-state index is 6.24. The number of hydrogen-bond acceptors (Lipinski definition) is 9. The lowest BCUT2D eigenvalue weighted by Gasteiger charge is -2.16. The van der Waals surface area contributed by atoms with Gasteiger partial charge >= 0.3 is 0 Å². The first-order valence-electron chi connectivity index (χ1n) is 44.8. The molecule has 0 atom stereocenters. The highest BCUT2D eigenvalue weighted by atomic mass is 16.3. The second kappa shape index (κ2) is 32.7. The van der Waals surface area contributed by atoms with Crippen LogP contribution in [0.25, 0.3) is 265 Å². The van der Waals surface area contributed by atoms with Crippen molar-refractivity contribution in [2.24, 2.45) is 0 Å². The zero-order valence-electron chi connectivity index (χ0n) is 71.8. The second-order valence-electron chi connectivity index (χ2n) is 33.6. The molecule has 7 heterocycles. The first-order chi connectivity index (χ1) is 66.0. The largest absolute Gasteiger partial charge is 0.456 e. The predicted octanol–water partition coefficient (Wildman–Crippen LogP) is 33.5. The summed E-state index contributed by atoms with van der Waals surface area (Å²) in [5.41, 5.74) is 33.1. The number of benzene rings is 20. The van der Waals surface area contributed by atoms with E-state index in [1.54, 1.807) is 0 Å². The predicted molar refractivity (Wildman–Crippen MR) is 550 cm³/mol. The Morgan fingerprint density at radius 3 is 1.00 bits per heavy atom. The van der Waals surface area contributed by atoms with Gasteiger partial charge in [-0.25, -0.2) is 24.9 Å². The van der Waals surface area contributed by atoms with Crippen molar-refractivity contribution in [3.8, 4) is 123 Å². The van der Waals surface area contributed by atoms with Gasteiger partial charge in [0.05, 0.1) is 61.7 Å². The van der Waals surface area contributed by atoms with Crippen molar-refractivity contribution >= 4 is 142 Å². The van der Waals surface area contributed by atoms with Crippen molar-refractivity contribution in [2.75, 3.05) is 0 Å². The number of para-hydroxylation sites is 4. The Morgan fingerprint density at radius 2 is 0.511 bits per heavy atom. The zero-order chi connectivity index (χ0) is 87.8. The Bertz CT molecular complexity index is 9240. The molecule has 0 spiro atoms. The molecule has 9 heteroatoms. The van der Waals surface area contributed by atoms with Crippen LogP contribution in [0.15, 0.2) is 474 Å². The third-order valence-electron chi connectivity index (χ3n) is 25.9. The van der Waals surface area contributed by atoms with Crippen LogP contribution in [0.5, 0.6) is 0 Å². The van der Waals surface area contributed by atoms with E-state index in [0.717, 1.165) is 205 Å². The molecule has 0 aliphatic carbocycles. The van der Waals surface area contributed by atoms with Crippen molar-refractivity contribution < 1.29 is 13.3 Å². The number of hydrogen-bond donors (Lipinski definition) is 0. The molecule has 0 fully saturated rings. The number of fused-ring (bicyclic) bond motifs is 16. The molecule has 20 aromatic carbocycles. The lowest BCUT2D eigenvalue weighted by molar-refractivity contribution is 0.668. The molecule has 0 bridgehead atoms. The highest BCUT2D eigenvalue weighted by Gasteiger charge is 2.25. The van der Waals surface area contributed by atoms with Crippen molar-refractivity contribution in [2.45, 2.75) is 0 Å².